The van der Waals surface area contributed by atoms with Crippen LogP contribution >= 0.6 is 11.8 Å². The molecule has 1 aromatic rings. The van der Waals surface area contributed by atoms with Crippen LogP contribution in [0.25, 0.3) is 5.57 Å². The lowest BCUT2D eigenvalue weighted by atomic mass is 9.69. The Morgan fingerprint density at radius 1 is 0.909 bits per heavy atom. The second-order valence-corrected chi connectivity index (χ2v) is 8.04. The Morgan fingerprint density at radius 2 is 1.68 bits per heavy atom. The Morgan fingerprint density at radius 3 is 2.50 bits per heavy atom. The van der Waals surface area contributed by atoms with Crippen LogP contribution in [0.15, 0.2) is 47.9 Å². The molecule has 2 unspecified atom stereocenters. The van der Waals surface area contributed by atoms with Crippen molar-refractivity contribution >= 4 is 17.3 Å². The highest BCUT2D eigenvalue weighted by Gasteiger charge is 2.29. The zero-order valence-electron chi connectivity index (χ0n) is 13.7. The van der Waals surface area contributed by atoms with Gasteiger partial charge in [-0.25, -0.2) is 0 Å². The van der Waals surface area contributed by atoms with E-state index in [0.717, 1.165) is 18.3 Å². The molecule has 0 amide bonds. The summed E-state index contributed by atoms with van der Waals surface area (Å²) in [4.78, 5) is 1.39. The van der Waals surface area contributed by atoms with Gasteiger partial charge >= 0.3 is 0 Å². The van der Waals surface area contributed by atoms with Crippen molar-refractivity contribution in [2.75, 3.05) is 5.75 Å². The SMILES string of the molecule is C=C1CCCC2CCCCC12.C=C1CCSc2ccccc21. The Hall–Kier alpha value is -0.950. The van der Waals surface area contributed by atoms with Crippen molar-refractivity contribution in [2.45, 2.75) is 56.3 Å². The van der Waals surface area contributed by atoms with Gasteiger partial charge in [-0.2, -0.15) is 0 Å². The van der Waals surface area contributed by atoms with Crippen molar-refractivity contribution in [1.82, 2.24) is 0 Å². The minimum atomic E-state index is 0.928. The third-order valence-corrected chi connectivity index (χ3v) is 6.51. The van der Waals surface area contributed by atoms with Crippen LogP contribution in [0, 0.1) is 11.8 Å². The standard InChI is InChI=1S/C11H18.C10H10S/c1-9-5-4-7-10-6-2-3-8-11(9)10;1-8-6-7-11-10-5-3-2-4-9(8)10/h10-11H,1-8H2;2-5H,1,6-7H2. The first-order valence-electron chi connectivity index (χ1n) is 8.83. The van der Waals surface area contributed by atoms with Crippen LogP contribution in [-0.2, 0) is 0 Å². The Bertz CT molecular complexity index is 541. The molecule has 0 spiro atoms. The molecule has 1 aromatic carbocycles. The van der Waals surface area contributed by atoms with Crippen molar-refractivity contribution in [3.63, 3.8) is 0 Å². The van der Waals surface area contributed by atoms with E-state index >= 15 is 0 Å². The molecule has 0 radical (unpaired) electrons. The molecule has 0 aromatic heterocycles. The average Bonchev–Trinajstić information content (AvgIpc) is 2.57. The molecule has 1 aliphatic heterocycles. The monoisotopic (exact) mass is 312 g/mol. The second kappa shape index (κ2) is 7.55. The molecule has 1 heterocycles. The van der Waals surface area contributed by atoms with Gasteiger partial charge in [0.2, 0.25) is 0 Å². The van der Waals surface area contributed by atoms with Gasteiger partial charge in [-0.3, -0.25) is 0 Å². The third kappa shape index (κ3) is 3.68. The summed E-state index contributed by atoms with van der Waals surface area (Å²) in [7, 11) is 0. The zero-order valence-corrected chi connectivity index (χ0v) is 14.5. The fourth-order valence-corrected chi connectivity index (χ4v) is 5.28. The summed E-state index contributed by atoms with van der Waals surface area (Å²) >= 11 is 1.93. The summed E-state index contributed by atoms with van der Waals surface area (Å²) in [5, 5.41) is 0. The first-order chi connectivity index (χ1) is 10.8. The van der Waals surface area contributed by atoms with Crippen LogP contribution in [0.2, 0.25) is 0 Å². The molecular weight excluding hydrogens is 284 g/mol. The molecule has 0 nitrogen and oxygen atoms in total. The molecule has 3 aliphatic rings. The molecule has 118 valence electrons. The first-order valence-corrected chi connectivity index (χ1v) is 9.82. The summed E-state index contributed by atoms with van der Waals surface area (Å²) in [5.74, 6) is 3.15. The molecule has 1 heteroatoms. The molecular formula is C21H28S. The van der Waals surface area contributed by atoms with Crippen molar-refractivity contribution < 1.29 is 0 Å². The number of allylic oxidation sites excluding steroid dienone is 2. The van der Waals surface area contributed by atoms with Gasteiger partial charge in [0.15, 0.2) is 0 Å². The minimum Gasteiger partial charge on any atom is -0.125 e. The van der Waals surface area contributed by atoms with Gasteiger partial charge in [0.25, 0.3) is 0 Å². The van der Waals surface area contributed by atoms with Crippen molar-refractivity contribution in [3.05, 3.63) is 48.6 Å². The van der Waals surface area contributed by atoms with E-state index in [0.29, 0.717) is 0 Å². The van der Waals surface area contributed by atoms with Crippen molar-refractivity contribution in [2.24, 2.45) is 11.8 Å². The van der Waals surface area contributed by atoms with Crippen molar-refractivity contribution in [1.29, 1.82) is 0 Å². The smallest absolute Gasteiger partial charge is 0.0147 e. The van der Waals surface area contributed by atoms with E-state index in [4.69, 9.17) is 0 Å². The maximum absolute atomic E-state index is 4.20. The predicted octanol–water partition coefficient (Wildman–Crippen LogP) is 6.73. The van der Waals surface area contributed by atoms with Gasteiger partial charge in [-0.1, -0.05) is 49.8 Å². The molecule has 2 saturated carbocycles. The molecule has 2 fully saturated rings. The van der Waals surface area contributed by atoms with E-state index in [1.807, 2.05) is 11.8 Å². The zero-order chi connectivity index (χ0) is 15.4. The lowest BCUT2D eigenvalue weighted by Gasteiger charge is -2.37. The molecule has 0 N–H and O–H groups in total. The molecule has 0 saturated heterocycles. The fraction of sp³-hybridized carbons (Fsp3) is 0.524. The minimum absolute atomic E-state index is 0.928. The lowest BCUT2D eigenvalue weighted by molar-refractivity contribution is 0.224. The number of thioether (sulfide) groups is 1. The number of benzene rings is 1. The topological polar surface area (TPSA) is 0 Å². The Labute approximate surface area is 140 Å². The summed E-state index contributed by atoms with van der Waals surface area (Å²) in [6.45, 7) is 8.24. The van der Waals surface area contributed by atoms with Crippen LogP contribution in [-0.4, -0.2) is 5.75 Å². The largest absolute Gasteiger partial charge is 0.125 e. The first kappa shape index (κ1) is 15.9. The normalized spacial score (nSPS) is 27.3. The van der Waals surface area contributed by atoms with E-state index in [9.17, 15) is 0 Å². The maximum atomic E-state index is 4.20. The molecule has 0 bridgehead atoms. The highest BCUT2D eigenvalue weighted by atomic mass is 32.2. The van der Waals surface area contributed by atoms with Crippen LogP contribution < -0.4 is 0 Å². The average molecular weight is 313 g/mol. The van der Waals surface area contributed by atoms with E-state index in [1.54, 1.807) is 5.57 Å². The van der Waals surface area contributed by atoms with Crippen LogP contribution in [0.3, 0.4) is 0 Å². The van der Waals surface area contributed by atoms with E-state index in [-0.39, 0.29) is 0 Å². The highest BCUT2D eigenvalue weighted by Crippen LogP contribution is 2.42. The number of rotatable bonds is 0. The van der Waals surface area contributed by atoms with Crippen LogP contribution in [0.5, 0.6) is 0 Å². The number of fused-ring (bicyclic) bond motifs is 2. The second-order valence-electron chi connectivity index (χ2n) is 6.90. The third-order valence-electron chi connectivity index (χ3n) is 5.44. The summed E-state index contributed by atoms with van der Waals surface area (Å²) in [5.41, 5.74) is 4.21. The van der Waals surface area contributed by atoms with E-state index in [1.165, 1.54) is 66.7 Å². The summed E-state index contributed by atoms with van der Waals surface area (Å²) in [6, 6.07) is 8.49. The summed E-state index contributed by atoms with van der Waals surface area (Å²) in [6.07, 6.45) is 11.2. The molecule has 2 aliphatic carbocycles. The number of hydrogen-bond donors (Lipinski definition) is 0. The van der Waals surface area contributed by atoms with Gasteiger partial charge in [0, 0.05) is 10.6 Å². The van der Waals surface area contributed by atoms with E-state index in [2.05, 4.69) is 37.4 Å². The van der Waals surface area contributed by atoms with E-state index < -0.39 is 0 Å². The van der Waals surface area contributed by atoms with Crippen molar-refractivity contribution in [3.8, 4) is 0 Å². The lowest BCUT2D eigenvalue weighted by Crippen LogP contribution is -2.24. The molecule has 4 rings (SSSR count). The number of hydrogen-bond acceptors (Lipinski definition) is 1. The molecule has 2 atom stereocenters. The fourth-order valence-electron chi connectivity index (χ4n) is 4.17. The van der Waals surface area contributed by atoms with Gasteiger partial charge in [-0.05, 0) is 67.6 Å². The van der Waals surface area contributed by atoms with Crippen LogP contribution in [0.1, 0.15) is 56.9 Å². The maximum Gasteiger partial charge on any atom is 0.0147 e. The van der Waals surface area contributed by atoms with Gasteiger partial charge in [0.05, 0.1) is 0 Å². The quantitative estimate of drug-likeness (QED) is 0.479. The Kier molecular flexibility index (Phi) is 5.46. The molecule has 22 heavy (non-hydrogen) atoms. The highest BCUT2D eigenvalue weighted by molar-refractivity contribution is 7.99. The van der Waals surface area contributed by atoms with Gasteiger partial charge < -0.3 is 0 Å². The Balaban J connectivity index is 0.000000131. The van der Waals surface area contributed by atoms with Crippen LogP contribution in [0.4, 0.5) is 0 Å². The summed E-state index contributed by atoms with van der Waals surface area (Å²) < 4.78 is 0. The van der Waals surface area contributed by atoms with Gasteiger partial charge in [0.1, 0.15) is 0 Å². The van der Waals surface area contributed by atoms with Gasteiger partial charge in [-0.15, -0.1) is 11.8 Å². The predicted molar refractivity (Wildman–Crippen MR) is 99.3 cm³/mol.